The molecule has 1 rings (SSSR count). The van der Waals surface area contributed by atoms with Crippen molar-refractivity contribution in [1.82, 2.24) is 0 Å². The van der Waals surface area contributed by atoms with Crippen LogP contribution in [-0.2, 0) is 0 Å². The first-order chi connectivity index (χ1) is 8.01. The van der Waals surface area contributed by atoms with E-state index in [0.717, 1.165) is 18.2 Å². The Kier molecular flexibility index (Phi) is 4.18. The molecule has 0 amide bonds. The number of benzene rings is 1. The van der Waals surface area contributed by atoms with Gasteiger partial charge in [0.15, 0.2) is 0 Å². The van der Waals surface area contributed by atoms with E-state index in [0.29, 0.717) is 6.42 Å². The van der Waals surface area contributed by atoms with Crippen LogP contribution in [0.15, 0.2) is 23.8 Å². The predicted molar refractivity (Wildman–Crippen MR) is 61.7 cm³/mol. The Labute approximate surface area is 102 Å². The molecule has 0 aliphatic heterocycles. The molecule has 0 atom stereocenters. The summed E-state index contributed by atoms with van der Waals surface area (Å²) in [6.07, 6.45) is 0.322. The number of nitrogens with zero attached hydrogens (tertiary/aromatic N) is 2. The molecule has 0 heterocycles. The van der Waals surface area contributed by atoms with Crippen LogP contribution >= 0.6 is 11.6 Å². The SMILES string of the molecule is CCC(C#N)=C(Cl)c1cc(F)ccc1[N+](=O)[O-]. The molecule has 0 N–H and O–H groups in total. The summed E-state index contributed by atoms with van der Waals surface area (Å²) in [6.45, 7) is 1.69. The van der Waals surface area contributed by atoms with Gasteiger partial charge in [-0.3, -0.25) is 10.1 Å². The molecule has 0 aliphatic rings. The third kappa shape index (κ3) is 2.80. The Hall–Kier alpha value is -1.93. The molecular weight excluding hydrogens is 247 g/mol. The number of hydrogen-bond acceptors (Lipinski definition) is 3. The van der Waals surface area contributed by atoms with Crippen LogP contribution in [0.5, 0.6) is 0 Å². The van der Waals surface area contributed by atoms with E-state index in [2.05, 4.69) is 0 Å². The van der Waals surface area contributed by atoms with Crippen molar-refractivity contribution in [2.45, 2.75) is 13.3 Å². The molecule has 0 fully saturated rings. The molecule has 0 aromatic heterocycles. The van der Waals surface area contributed by atoms with E-state index in [-0.39, 0.29) is 21.9 Å². The summed E-state index contributed by atoms with van der Waals surface area (Å²) in [5.41, 5.74) is -0.215. The van der Waals surface area contributed by atoms with E-state index in [1.165, 1.54) is 0 Å². The smallest absolute Gasteiger partial charge is 0.258 e. The fourth-order valence-corrected chi connectivity index (χ4v) is 1.62. The summed E-state index contributed by atoms with van der Waals surface area (Å²) in [4.78, 5) is 10.1. The van der Waals surface area contributed by atoms with Gasteiger partial charge >= 0.3 is 0 Å². The van der Waals surface area contributed by atoms with Crippen LogP contribution in [0.25, 0.3) is 5.03 Å². The number of rotatable bonds is 3. The highest BCUT2D eigenvalue weighted by Gasteiger charge is 2.19. The van der Waals surface area contributed by atoms with Gasteiger partial charge in [0.25, 0.3) is 5.69 Å². The maximum atomic E-state index is 13.1. The molecule has 0 bridgehead atoms. The molecule has 0 unspecified atom stereocenters. The summed E-state index contributed by atoms with van der Waals surface area (Å²) in [7, 11) is 0. The number of halogens is 2. The lowest BCUT2D eigenvalue weighted by Crippen LogP contribution is -1.95. The minimum atomic E-state index is -0.665. The number of nitro groups is 1. The van der Waals surface area contributed by atoms with Gasteiger partial charge in [-0.2, -0.15) is 5.26 Å². The van der Waals surface area contributed by atoms with Crippen LogP contribution in [0.3, 0.4) is 0 Å². The molecule has 0 saturated carbocycles. The molecule has 6 heteroatoms. The molecule has 88 valence electrons. The van der Waals surface area contributed by atoms with E-state index in [1.807, 2.05) is 6.07 Å². The first kappa shape index (κ1) is 13.1. The maximum absolute atomic E-state index is 13.1. The van der Waals surface area contributed by atoms with Gasteiger partial charge in [0, 0.05) is 11.6 Å². The van der Waals surface area contributed by atoms with Gasteiger partial charge in [-0.05, 0) is 18.6 Å². The highest BCUT2D eigenvalue weighted by atomic mass is 35.5. The highest BCUT2D eigenvalue weighted by Crippen LogP contribution is 2.32. The van der Waals surface area contributed by atoms with Crippen molar-refractivity contribution >= 4 is 22.3 Å². The topological polar surface area (TPSA) is 66.9 Å². The molecule has 1 aromatic carbocycles. The van der Waals surface area contributed by atoms with Crippen LogP contribution in [0.1, 0.15) is 18.9 Å². The normalized spacial score (nSPS) is 11.6. The van der Waals surface area contributed by atoms with Gasteiger partial charge in [-0.25, -0.2) is 4.39 Å². The second-order valence-electron chi connectivity index (χ2n) is 3.18. The van der Waals surface area contributed by atoms with E-state index in [1.54, 1.807) is 6.92 Å². The minimum Gasteiger partial charge on any atom is -0.258 e. The number of hydrogen-bond donors (Lipinski definition) is 0. The summed E-state index contributed by atoms with van der Waals surface area (Å²) >= 11 is 5.88. The third-order valence-electron chi connectivity index (χ3n) is 2.15. The van der Waals surface area contributed by atoms with Crippen LogP contribution in [-0.4, -0.2) is 4.92 Å². The fraction of sp³-hybridized carbons (Fsp3) is 0.182. The lowest BCUT2D eigenvalue weighted by molar-refractivity contribution is -0.385. The fourth-order valence-electron chi connectivity index (χ4n) is 1.29. The summed E-state index contributed by atoms with van der Waals surface area (Å²) in [5.74, 6) is -0.642. The van der Waals surface area contributed by atoms with Gasteiger partial charge in [-0.1, -0.05) is 18.5 Å². The number of nitro benzene ring substituents is 1. The number of allylic oxidation sites excluding steroid dienone is 1. The lowest BCUT2D eigenvalue weighted by Gasteiger charge is -2.03. The van der Waals surface area contributed by atoms with Gasteiger partial charge in [0.05, 0.1) is 21.6 Å². The van der Waals surface area contributed by atoms with Crippen molar-refractivity contribution in [1.29, 1.82) is 5.26 Å². The molecular formula is C11H8ClFN2O2. The van der Waals surface area contributed by atoms with Crippen molar-refractivity contribution in [3.05, 3.63) is 45.3 Å². The van der Waals surface area contributed by atoms with Crippen molar-refractivity contribution in [2.24, 2.45) is 0 Å². The van der Waals surface area contributed by atoms with Crippen molar-refractivity contribution in [2.75, 3.05) is 0 Å². The first-order valence-electron chi connectivity index (χ1n) is 4.74. The summed E-state index contributed by atoms with van der Waals surface area (Å²) in [6, 6.07) is 4.79. The Morgan fingerprint density at radius 2 is 2.29 bits per heavy atom. The maximum Gasteiger partial charge on any atom is 0.278 e. The van der Waals surface area contributed by atoms with Crippen molar-refractivity contribution < 1.29 is 9.31 Å². The van der Waals surface area contributed by atoms with E-state index in [9.17, 15) is 14.5 Å². The van der Waals surface area contributed by atoms with Gasteiger partial charge in [0.2, 0.25) is 0 Å². The Morgan fingerprint density at radius 1 is 1.65 bits per heavy atom. The zero-order valence-corrected chi connectivity index (χ0v) is 9.66. The second-order valence-corrected chi connectivity index (χ2v) is 3.55. The molecule has 0 spiro atoms. The standard InChI is InChI=1S/C11H8ClFN2O2/c1-2-7(6-14)11(12)9-5-8(13)3-4-10(9)15(16)17/h3-5H,2H2,1H3. The Bertz CT molecular complexity index is 535. The largest absolute Gasteiger partial charge is 0.278 e. The predicted octanol–water partition coefficient (Wildman–Crippen LogP) is 3.62. The van der Waals surface area contributed by atoms with Crippen LogP contribution < -0.4 is 0 Å². The van der Waals surface area contributed by atoms with E-state index < -0.39 is 10.7 Å². The summed E-state index contributed by atoms with van der Waals surface area (Å²) < 4.78 is 13.1. The molecule has 4 nitrogen and oxygen atoms in total. The molecule has 0 saturated heterocycles. The molecule has 0 radical (unpaired) electrons. The van der Waals surface area contributed by atoms with Crippen molar-refractivity contribution in [3.63, 3.8) is 0 Å². The second kappa shape index (κ2) is 5.41. The van der Waals surface area contributed by atoms with Crippen LogP contribution in [0.2, 0.25) is 0 Å². The van der Waals surface area contributed by atoms with Gasteiger partial charge in [0.1, 0.15) is 5.82 Å². The third-order valence-corrected chi connectivity index (χ3v) is 2.58. The Balaban J connectivity index is 3.50. The lowest BCUT2D eigenvalue weighted by atomic mass is 10.1. The number of nitriles is 1. The first-order valence-corrected chi connectivity index (χ1v) is 5.12. The van der Waals surface area contributed by atoms with E-state index >= 15 is 0 Å². The Morgan fingerprint density at radius 3 is 2.76 bits per heavy atom. The quantitative estimate of drug-likeness (QED) is 0.470. The average molecular weight is 255 g/mol. The molecule has 17 heavy (non-hydrogen) atoms. The van der Waals surface area contributed by atoms with Crippen molar-refractivity contribution in [3.8, 4) is 6.07 Å². The summed E-state index contributed by atoms with van der Waals surface area (Å²) in [5, 5.41) is 19.5. The molecule has 0 aliphatic carbocycles. The van der Waals surface area contributed by atoms with E-state index in [4.69, 9.17) is 16.9 Å². The average Bonchev–Trinajstić information content (AvgIpc) is 2.29. The minimum absolute atomic E-state index is 0.0740. The molecule has 1 aromatic rings. The van der Waals surface area contributed by atoms with Crippen LogP contribution in [0, 0.1) is 27.3 Å². The monoisotopic (exact) mass is 254 g/mol. The zero-order valence-electron chi connectivity index (χ0n) is 8.91. The van der Waals surface area contributed by atoms with Gasteiger partial charge in [-0.15, -0.1) is 0 Å². The van der Waals surface area contributed by atoms with Gasteiger partial charge < -0.3 is 0 Å². The highest BCUT2D eigenvalue weighted by molar-refractivity contribution is 6.50. The van der Waals surface area contributed by atoms with Crippen LogP contribution in [0.4, 0.5) is 10.1 Å². The zero-order chi connectivity index (χ0) is 13.0.